The Balaban J connectivity index is 2.28. The Morgan fingerprint density at radius 3 is 2.93 bits per heavy atom. The van der Waals surface area contributed by atoms with E-state index in [9.17, 15) is 0 Å². The van der Waals surface area contributed by atoms with Crippen LogP contribution in [0.5, 0.6) is 0 Å². The number of ether oxygens (including phenoxy) is 1. The van der Waals surface area contributed by atoms with E-state index in [0.29, 0.717) is 5.41 Å². The van der Waals surface area contributed by atoms with Gasteiger partial charge in [0, 0.05) is 26.7 Å². The third-order valence-corrected chi connectivity index (χ3v) is 3.32. The summed E-state index contributed by atoms with van der Waals surface area (Å²) < 4.78 is 5.05. The van der Waals surface area contributed by atoms with E-state index in [-0.39, 0.29) is 0 Å². The maximum absolute atomic E-state index is 5.05. The minimum Gasteiger partial charge on any atom is -0.383 e. The fraction of sp³-hybridized carbons (Fsp3) is 1.00. The van der Waals surface area contributed by atoms with Crippen molar-refractivity contribution in [3.8, 4) is 0 Å². The molecule has 1 unspecified atom stereocenters. The van der Waals surface area contributed by atoms with Crippen molar-refractivity contribution in [2.45, 2.75) is 32.6 Å². The molecule has 0 amide bonds. The molecular weight excluding hydrogens is 188 g/mol. The van der Waals surface area contributed by atoms with Gasteiger partial charge in [0.15, 0.2) is 0 Å². The maximum atomic E-state index is 5.05. The van der Waals surface area contributed by atoms with Gasteiger partial charge in [-0.15, -0.1) is 0 Å². The first-order chi connectivity index (χ1) is 7.33. The Morgan fingerprint density at radius 2 is 2.33 bits per heavy atom. The third-order valence-electron chi connectivity index (χ3n) is 3.32. The van der Waals surface area contributed by atoms with E-state index in [1.165, 1.54) is 38.8 Å². The van der Waals surface area contributed by atoms with E-state index in [4.69, 9.17) is 4.74 Å². The SMILES string of the molecule is CCCC1(CNCCOC)CCCNC1. The quantitative estimate of drug-likeness (QED) is 0.628. The molecule has 1 atom stereocenters. The predicted molar refractivity (Wildman–Crippen MR) is 64.2 cm³/mol. The molecule has 3 heteroatoms. The second-order valence-electron chi connectivity index (χ2n) is 4.70. The molecule has 15 heavy (non-hydrogen) atoms. The maximum Gasteiger partial charge on any atom is 0.0587 e. The topological polar surface area (TPSA) is 33.3 Å². The molecule has 0 spiro atoms. The summed E-state index contributed by atoms with van der Waals surface area (Å²) >= 11 is 0. The number of hydrogen-bond donors (Lipinski definition) is 2. The van der Waals surface area contributed by atoms with Crippen molar-refractivity contribution in [2.75, 3.05) is 39.9 Å². The minimum atomic E-state index is 0.501. The highest BCUT2D eigenvalue weighted by atomic mass is 16.5. The lowest BCUT2D eigenvalue weighted by molar-refractivity contribution is 0.164. The molecule has 1 rings (SSSR count). The van der Waals surface area contributed by atoms with Gasteiger partial charge in [0.2, 0.25) is 0 Å². The Kier molecular flexibility index (Phi) is 6.22. The van der Waals surface area contributed by atoms with Gasteiger partial charge in [-0.1, -0.05) is 13.3 Å². The number of methoxy groups -OCH3 is 1. The van der Waals surface area contributed by atoms with Gasteiger partial charge in [0.1, 0.15) is 0 Å². The van der Waals surface area contributed by atoms with Crippen LogP contribution in [-0.2, 0) is 4.74 Å². The number of piperidine rings is 1. The molecule has 2 N–H and O–H groups in total. The first kappa shape index (κ1) is 12.9. The van der Waals surface area contributed by atoms with E-state index in [0.717, 1.165) is 19.7 Å². The summed E-state index contributed by atoms with van der Waals surface area (Å²) in [5.41, 5.74) is 0.501. The van der Waals surface area contributed by atoms with Gasteiger partial charge in [-0.3, -0.25) is 0 Å². The highest BCUT2D eigenvalue weighted by Gasteiger charge is 2.30. The van der Waals surface area contributed by atoms with Crippen LogP contribution in [-0.4, -0.2) is 39.9 Å². The number of hydrogen-bond acceptors (Lipinski definition) is 3. The first-order valence-corrected chi connectivity index (χ1v) is 6.23. The average Bonchev–Trinajstić information content (AvgIpc) is 2.26. The van der Waals surface area contributed by atoms with Gasteiger partial charge in [-0.05, 0) is 31.2 Å². The minimum absolute atomic E-state index is 0.501. The summed E-state index contributed by atoms with van der Waals surface area (Å²) in [6.07, 6.45) is 5.31. The Bertz CT molecular complexity index is 150. The molecule has 1 saturated heterocycles. The molecule has 0 radical (unpaired) electrons. The fourth-order valence-electron chi connectivity index (χ4n) is 2.54. The highest BCUT2D eigenvalue weighted by Crippen LogP contribution is 2.30. The normalized spacial score (nSPS) is 26.8. The van der Waals surface area contributed by atoms with Crippen molar-refractivity contribution in [3.05, 3.63) is 0 Å². The average molecular weight is 214 g/mol. The molecule has 1 aliphatic heterocycles. The van der Waals surface area contributed by atoms with E-state index >= 15 is 0 Å². The molecule has 0 saturated carbocycles. The van der Waals surface area contributed by atoms with Gasteiger partial charge in [0.05, 0.1) is 6.61 Å². The zero-order chi connectivity index (χ0) is 11.0. The van der Waals surface area contributed by atoms with Gasteiger partial charge in [-0.25, -0.2) is 0 Å². The van der Waals surface area contributed by atoms with Crippen molar-refractivity contribution in [1.82, 2.24) is 10.6 Å². The van der Waals surface area contributed by atoms with Gasteiger partial charge < -0.3 is 15.4 Å². The molecule has 0 aromatic carbocycles. The van der Waals surface area contributed by atoms with Crippen LogP contribution in [0.2, 0.25) is 0 Å². The molecule has 0 aromatic rings. The number of rotatable bonds is 7. The zero-order valence-electron chi connectivity index (χ0n) is 10.3. The predicted octanol–water partition coefficient (Wildman–Crippen LogP) is 1.39. The smallest absolute Gasteiger partial charge is 0.0587 e. The van der Waals surface area contributed by atoms with E-state index < -0.39 is 0 Å². The molecule has 0 bridgehead atoms. The summed E-state index contributed by atoms with van der Waals surface area (Å²) in [4.78, 5) is 0. The van der Waals surface area contributed by atoms with Crippen LogP contribution in [0.3, 0.4) is 0 Å². The molecular formula is C12H26N2O. The Labute approximate surface area is 94.0 Å². The van der Waals surface area contributed by atoms with Crippen LogP contribution < -0.4 is 10.6 Å². The first-order valence-electron chi connectivity index (χ1n) is 6.23. The molecule has 1 heterocycles. The van der Waals surface area contributed by atoms with Crippen molar-refractivity contribution in [2.24, 2.45) is 5.41 Å². The lowest BCUT2D eigenvalue weighted by atomic mass is 9.77. The van der Waals surface area contributed by atoms with Crippen LogP contribution in [0.15, 0.2) is 0 Å². The molecule has 1 aliphatic rings. The van der Waals surface area contributed by atoms with Gasteiger partial charge >= 0.3 is 0 Å². The van der Waals surface area contributed by atoms with Crippen molar-refractivity contribution >= 4 is 0 Å². The van der Waals surface area contributed by atoms with E-state index in [2.05, 4.69) is 17.6 Å². The van der Waals surface area contributed by atoms with Crippen molar-refractivity contribution in [3.63, 3.8) is 0 Å². The van der Waals surface area contributed by atoms with Crippen molar-refractivity contribution < 1.29 is 4.74 Å². The second-order valence-corrected chi connectivity index (χ2v) is 4.70. The third kappa shape index (κ3) is 4.49. The fourth-order valence-corrected chi connectivity index (χ4v) is 2.54. The van der Waals surface area contributed by atoms with Gasteiger partial charge in [-0.2, -0.15) is 0 Å². The standard InChI is InChI=1S/C12H26N2O/c1-3-5-12(6-4-7-13-10-12)11-14-8-9-15-2/h13-14H,3-11H2,1-2H3. The summed E-state index contributed by atoms with van der Waals surface area (Å²) in [5, 5.41) is 7.05. The second kappa shape index (κ2) is 7.20. The van der Waals surface area contributed by atoms with E-state index in [1.54, 1.807) is 7.11 Å². The Hall–Kier alpha value is -0.120. The van der Waals surface area contributed by atoms with Crippen LogP contribution >= 0.6 is 0 Å². The molecule has 1 fully saturated rings. The van der Waals surface area contributed by atoms with Gasteiger partial charge in [0.25, 0.3) is 0 Å². The largest absolute Gasteiger partial charge is 0.383 e. The van der Waals surface area contributed by atoms with Crippen LogP contribution in [0, 0.1) is 5.41 Å². The molecule has 90 valence electrons. The summed E-state index contributed by atoms with van der Waals surface area (Å²) in [5.74, 6) is 0. The van der Waals surface area contributed by atoms with Crippen LogP contribution in [0.4, 0.5) is 0 Å². The van der Waals surface area contributed by atoms with Crippen LogP contribution in [0.25, 0.3) is 0 Å². The zero-order valence-corrected chi connectivity index (χ0v) is 10.3. The summed E-state index contributed by atoms with van der Waals surface area (Å²) in [6.45, 7) is 7.59. The highest BCUT2D eigenvalue weighted by molar-refractivity contribution is 4.87. The number of nitrogens with one attached hydrogen (secondary N) is 2. The summed E-state index contributed by atoms with van der Waals surface area (Å²) in [6, 6.07) is 0. The molecule has 3 nitrogen and oxygen atoms in total. The Morgan fingerprint density at radius 1 is 1.47 bits per heavy atom. The van der Waals surface area contributed by atoms with Crippen molar-refractivity contribution in [1.29, 1.82) is 0 Å². The van der Waals surface area contributed by atoms with E-state index in [1.807, 2.05) is 0 Å². The molecule has 0 aromatic heterocycles. The lowest BCUT2D eigenvalue weighted by Gasteiger charge is -2.38. The lowest BCUT2D eigenvalue weighted by Crippen LogP contribution is -2.46. The monoisotopic (exact) mass is 214 g/mol. The van der Waals surface area contributed by atoms with Crippen LogP contribution in [0.1, 0.15) is 32.6 Å². The summed E-state index contributed by atoms with van der Waals surface area (Å²) in [7, 11) is 1.76. The molecule has 0 aliphatic carbocycles.